The third-order valence-electron chi connectivity index (χ3n) is 5.96. The Balaban J connectivity index is 1.90. The lowest BCUT2D eigenvalue weighted by molar-refractivity contribution is -0.305. The minimum Gasteiger partial charge on any atom is -0.506 e. The van der Waals surface area contributed by atoms with E-state index in [1.54, 1.807) is 34.6 Å². The van der Waals surface area contributed by atoms with Crippen LogP contribution in [0.25, 0.3) is 11.0 Å². The van der Waals surface area contributed by atoms with E-state index in [-0.39, 0.29) is 35.5 Å². The fourth-order valence-electron chi connectivity index (χ4n) is 4.16. The van der Waals surface area contributed by atoms with Crippen LogP contribution in [0.1, 0.15) is 43.6 Å². The molecule has 3 rings (SSSR count). The number of carbonyl (C=O) groups is 2. The van der Waals surface area contributed by atoms with E-state index >= 15 is 0 Å². The number of carbonyl (C=O) groups excluding carboxylic acids is 2. The van der Waals surface area contributed by atoms with Crippen molar-refractivity contribution in [3.63, 3.8) is 0 Å². The molecule has 1 aromatic carbocycles. The van der Waals surface area contributed by atoms with Gasteiger partial charge in [-0.3, -0.25) is 4.84 Å². The third-order valence-corrected chi connectivity index (χ3v) is 5.96. The zero-order valence-corrected chi connectivity index (χ0v) is 22.4. The van der Waals surface area contributed by atoms with Crippen LogP contribution in [0.3, 0.4) is 0 Å². The van der Waals surface area contributed by atoms with Gasteiger partial charge in [0.25, 0.3) is 0 Å². The first-order valence-electron chi connectivity index (χ1n) is 12.0. The summed E-state index contributed by atoms with van der Waals surface area (Å²) in [5.41, 5.74) is -0.548. The summed E-state index contributed by atoms with van der Waals surface area (Å²) in [5, 5.41) is 21.7. The van der Waals surface area contributed by atoms with Gasteiger partial charge >= 0.3 is 17.7 Å². The molecular weight excluding hydrogens is 518 g/mol. The molecule has 0 saturated carbocycles. The molecular formula is C26H31NO12. The van der Waals surface area contributed by atoms with Crippen LogP contribution in [0, 0.1) is 18.8 Å². The number of benzene rings is 1. The molecule has 4 atom stereocenters. The van der Waals surface area contributed by atoms with E-state index < -0.39 is 59.2 Å². The molecule has 212 valence electrons. The Labute approximate surface area is 223 Å². The summed E-state index contributed by atoms with van der Waals surface area (Å²) in [4.78, 5) is 41.8. The molecule has 0 radical (unpaired) electrons. The first-order chi connectivity index (χ1) is 18.5. The van der Waals surface area contributed by atoms with Crippen molar-refractivity contribution in [1.82, 2.24) is 5.48 Å². The number of hydrogen-bond acceptors (Lipinski definition) is 12. The van der Waals surface area contributed by atoms with Gasteiger partial charge in [-0.25, -0.2) is 14.4 Å². The summed E-state index contributed by atoms with van der Waals surface area (Å²) in [6.07, 6.45) is -6.05. The number of aromatic hydroxyl groups is 1. The second-order valence-electron chi connectivity index (χ2n) is 8.94. The van der Waals surface area contributed by atoms with Crippen LogP contribution < -0.4 is 15.8 Å². The molecule has 1 fully saturated rings. The number of hydroxylamine groups is 1. The van der Waals surface area contributed by atoms with E-state index in [4.69, 9.17) is 32.9 Å². The van der Waals surface area contributed by atoms with Crippen LogP contribution in [0.5, 0.6) is 11.5 Å². The fourth-order valence-corrected chi connectivity index (χ4v) is 4.16. The van der Waals surface area contributed by atoms with Gasteiger partial charge in [0.05, 0.1) is 17.6 Å². The zero-order valence-electron chi connectivity index (χ0n) is 22.4. The van der Waals surface area contributed by atoms with Gasteiger partial charge in [-0.15, -0.1) is 5.92 Å². The van der Waals surface area contributed by atoms with Crippen molar-refractivity contribution in [3.8, 4) is 23.3 Å². The van der Waals surface area contributed by atoms with Crippen molar-refractivity contribution in [2.24, 2.45) is 0 Å². The molecule has 0 aliphatic carbocycles. The number of nitrogens with one attached hydrogen (secondary N) is 1. The Kier molecular flexibility index (Phi) is 9.41. The van der Waals surface area contributed by atoms with Crippen molar-refractivity contribution >= 4 is 23.0 Å². The number of amides is 1. The maximum atomic E-state index is 12.5. The summed E-state index contributed by atoms with van der Waals surface area (Å²) in [5.74, 6) is 3.71. The van der Waals surface area contributed by atoms with E-state index in [1.165, 1.54) is 19.2 Å². The molecule has 1 saturated heterocycles. The van der Waals surface area contributed by atoms with Crippen LogP contribution in [0.4, 0.5) is 4.79 Å². The topological polar surface area (TPSA) is 172 Å². The summed E-state index contributed by atoms with van der Waals surface area (Å²) in [6, 6.07) is 2.80. The Bertz CT molecular complexity index is 1340. The molecule has 1 aliphatic rings. The first kappa shape index (κ1) is 29.7. The summed E-state index contributed by atoms with van der Waals surface area (Å²) < 4.78 is 32.9. The van der Waals surface area contributed by atoms with Gasteiger partial charge in [-0.2, -0.15) is 5.48 Å². The lowest BCUT2D eigenvalue weighted by Gasteiger charge is -2.47. The Morgan fingerprint density at radius 1 is 1.26 bits per heavy atom. The molecule has 2 heterocycles. The number of hydrogen-bond donors (Lipinski definition) is 3. The number of methoxy groups -OCH3 is 1. The third kappa shape index (κ3) is 6.26. The monoisotopic (exact) mass is 549 g/mol. The highest BCUT2D eigenvalue weighted by atomic mass is 16.7. The predicted molar refractivity (Wildman–Crippen MR) is 134 cm³/mol. The highest BCUT2D eigenvalue weighted by Gasteiger charge is 2.53. The van der Waals surface area contributed by atoms with Gasteiger partial charge in [-0.05, 0) is 46.8 Å². The Morgan fingerprint density at radius 3 is 2.62 bits per heavy atom. The van der Waals surface area contributed by atoms with Crippen molar-refractivity contribution < 1.29 is 52.7 Å². The van der Waals surface area contributed by atoms with E-state index in [0.29, 0.717) is 0 Å². The van der Waals surface area contributed by atoms with E-state index in [2.05, 4.69) is 17.3 Å². The second-order valence-corrected chi connectivity index (χ2v) is 8.94. The highest BCUT2D eigenvalue weighted by Crippen LogP contribution is 2.37. The van der Waals surface area contributed by atoms with Crippen molar-refractivity contribution in [2.75, 3.05) is 20.3 Å². The van der Waals surface area contributed by atoms with Crippen LogP contribution in [0.15, 0.2) is 21.3 Å². The van der Waals surface area contributed by atoms with Crippen LogP contribution in [-0.2, 0) is 23.8 Å². The number of rotatable bonds is 8. The molecule has 1 amide bonds. The molecule has 39 heavy (non-hydrogen) atoms. The number of ether oxygens (including phenoxy) is 5. The van der Waals surface area contributed by atoms with E-state index in [1.807, 2.05) is 0 Å². The minimum absolute atomic E-state index is 0.00150. The summed E-state index contributed by atoms with van der Waals surface area (Å²) >= 11 is 0. The van der Waals surface area contributed by atoms with Crippen LogP contribution in [-0.4, -0.2) is 72.8 Å². The average Bonchev–Trinajstić information content (AvgIpc) is 2.87. The van der Waals surface area contributed by atoms with Gasteiger partial charge in [0, 0.05) is 12.7 Å². The number of esters is 1. The van der Waals surface area contributed by atoms with Gasteiger partial charge in [0.15, 0.2) is 17.8 Å². The second kappa shape index (κ2) is 12.4. The number of aliphatic hydroxyl groups is 1. The Morgan fingerprint density at radius 2 is 1.97 bits per heavy atom. The van der Waals surface area contributed by atoms with Gasteiger partial charge in [-0.1, -0.05) is 5.92 Å². The van der Waals surface area contributed by atoms with E-state index in [0.717, 1.165) is 0 Å². The SMILES string of the molecule is CC#CCONC(=O)O[C@H]1[C@@H](O)[C@H](Oc2ccc3c(O)c(C(=O)OCC)c(=O)oc3c2C)OC(C)(C)[C@@H]1OC. The molecule has 0 spiro atoms. The van der Waals surface area contributed by atoms with E-state index in [9.17, 15) is 24.6 Å². The molecule has 0 unspecified atom stereocenters. The minimum atomic E-state index is -1.54. The highest BCUT2D eigenvalue weighted by molar-refractivity contribution is 5.99. The smallest absolute Gasteiger partial charge is 0.431 e. The van der Waals surface area contributed by atoms with Gasteiger partial charge in [0.1, 0.15) is 29.8 Å². The standard InChI is InChI=1S/C26H31NO12/c1-7-9-12-35-27-25(32)38-20-18(29)24(39-26(4,5)21(20)33-6)36-15-11-10-14-17(28)16(22(30)34-8-2)23(31)37-19(14)13(15)3/h10-11,18,20-21,24,28-29H,8,12H2,1-6H3,(H,27,32)/t18-,20+,21-,24-/m1/s1. The lowest BCUT2D eigenvalue weighted by atomic mass is 9.89. The molecule has 0 bridgehead atoms. The normalized spacial score (nSPS) is 21.9. The molecule has 2 aromatic rings. The van der Waals surface area contributed by atoms with Crippen LogP contribution in [0.2, 0.25) is 0 Å². The fraction of sp³-hybridized carbons (Fsp3) is 0.500. The van der Waals surface area contributed by atoms with Gasteiger partial charge in [0.2, 0.25) is 6.29 Å². The number of fused-ring (bicyclic) bond motifs is 1. The van der Waals surface area contributed by atoms with Gasteiger partial charge < -0.3 is 38.3 Å². The average molecular weight is 550 g/mol. The van der Waals surface area contributed by atoms with Crippen molar-refractivity contribution in [2.45, 2.75) is 64.8 Å². The predicted octanol–water partition coefficient (Wildman–Crippen LogP) is 1.92. The number of aryl methyl sites for hydroxylation is 1. The summed E-state index contributed by atoms with van der Waals surface area (Å²) in [7, 11) is 1.37. The molecule has 1 aromatic heterocycles. The maximum Gasteiger partial charge on any atom is 0.431 e. The quantitative estimate of drug-likeness (QED) is 0.144. The number of aliphatic hydroxyl groups excluding tert-OH is 1. The maximum absolute atomic E-state index is 12.5. The zero-order chi connectivity index (χ0) is 28.9. The Hall–Kier alpha value is -3.83. The summed E-state index contributed by atoms with van der Waals surface area (Å²) in [6.45, 7) is 7.96. The van der Waals surface area contributed by atoms with Crippen molar-refractivity contribution in [3.05, 3.63) is 33.7 Å². The molecule has 13 heteroatoms. The largest absolute Gasteiger partial charge is 0.506 e. The first-order valence-corrected chi connectivity index (χ1v) is 12.0. The molecule has 13 nitrogen and oxygen atoms in total. The van der Waals surface area contributed by atoms with Crippen LogP contribution >= 0.6 is 0 Å². The van der Waals surface area contributed by atoms with Crippen molar-refractivity contribution in [1.29, 1.82) is 0 Å². The lowest BCUT2D eigenvalue weighted by Crippen LogP contribution is -2.65. The molecule has 1 aliphatic heterocycles. The molecule has 3 N–H and O–H groups in total.